The first kappa shape index (κ1) is 38.8. The summed E-state index contributed by atoms with van der Waals surface area (Å²) in [5.74, 6) is 2.03. The number of fused-ring (bicyclic) bond motifs is 1. The Morgan fingerprint density at radius 1 is 0.750 bits per heavy atom. The van der Waals surface area contributed by atoms with Gasteiger partial charge in [-0.05, 0) is 70.9 Å². The molecule has 0 aliphatic carbocycles. The van der Waals surface area contributed by atoms with Gasteiger partial charge in [-0.15, -0.1) is 0 Å². The maximum atomic E-state index is 13.7. The van der Waals surface area contributed by atoms with Crippen molar-refractivity contribution in [2.75, 3.05) is 20.2 Å². The molecule has 12 nitrogen and oxygen atoms in total. The lowest BCUT2D eigenvalue weighted by atomic mass is 9.99. The Balaban J connectivity index is 1.04. The van der Waals surface area contributed by atoms with E-state index in [4.69, 9.17) is 20.4 Å². The van der Waals surface area contributed by atoms with Crippen molar-refractivity contribution in [2.45, 2.75) is 78.6 Å². The van der Waals surface area contributed by atoms with Gasteiger partial charge in [0.2, 0.25) is 11.8 Å². The van der Waals surface area contributed by atoms with E-state index in [-0.39, 0.29) is 41.7 Å². The van der Waals surface area contributed by atoms with Crippen molar-refractivity contribution in [3.05, 3.63) is 84.6 Å². The molecule has 5 N–H and O–H groups in total. The lowest BCUT2D eigenvalue weighted by molar-refractivity contribution is -0.136. The SMILES string of the molecule is COC(=O)N[C@H](C(=O)N1C[C@H](C)C[C@H]1c1nc2cc(-c3ccc(-c4ccc(-c5c[nH]c([C@@H]6C[C@H](C)CN6C(=O)[C@@H](N)C(C)C)n5)cc4)cc3)ccc2[nH]1)C(C)C. The fourth-order valence-electron chi connectivity index (χ4n) is 8.16. The highest BCUT2D eigenvalue weighted by atomic mass is 16.5. The van der Waals surface area contributed by atoms with Crippen LogP contribution in [0.1, 0.15) is 78.1 Å². The van der Waals surface area contributed by atoms with Gasteiger partial charge in [-0.3, -0.25) is 9.59 Å². The van der Waals surface area contributed by atoms with Crippen molar-refractivity contribution in [2.24, 2.45) is 29.4 Å². The topological polar surface area (TPSA) is 162 Å². The smallest absolute Gasteiger partial charge is 0.407 e. The number of nitrogens with zero attached hydrogens (tertiary/aromatic N) is 4. The number of carbonyl (C=O) groups is 3. The number of carbonyl (C=O) groups excluding carboxylic acids is 3. The average molecular weight is 759 g/mol. The number of rotatable bonds is 10. The van der Waals surface area contributed by atoms with Crippen LogP contribution >= 0.6 is 0 Å². The van der Waals surface area contributed by atoms with Crippen molar-refractivity contribution in [1.82, 2.24) is 35.1 Å². The van der Waals surface area contributed by atoms with Crippen LogP contribution in [0.25, 0.3) is 44.5 Å². The van der Waals surface area contributed by atoms with Gasteiger partial charge in [0, 0.05) is 24.8 Å². The molecule has 7 rings (SSSR count). The van der Waals surface area contributed by atoms with Gasteiger partial charge in [0.1, 0.15) is 17.7 Å². The standard InChI is InChI=1S/C44H54N8O4/c1-24(2)38(45)42(53)51-22-26(5)18-36(51)40-46-21-35(49-40)31-14-12-29(13-15-31)28-8-10-30(11-9-28)32-16-17-33-34(20-32)48-41(47-33)37-19-27(6)23-52(37)43(54)39(25(3)4)50-44(55)56-7/h8-17,20-21,24-27,36-39H,18-19,22-23,45H2,1-7H3,(H,46,49)(H,47,48)(H,50,55)/t26-,27+,36-,37-,38-,39-/m0/s1. The number of nitrogens with two attached hydrogens (primary N) is 1. The number of likely N-dealkylation sites (tertiary alicyclic amines) is 2. The van der Waals surface area contributed by atoms with Crippen molar-refractivity contribution in [1.29, 1.82) is 0 Å². The summed E-state index contributed by atoms with van der Waals surface area (Å²) in [5, 5.41) is 2.73. The van der Waals surface area contributed by atoms with Crippen LogP contribution in [0.2, 0.25) is 0 Å². The summed E-state index contributed by atoms with van der Waals surface area (Å²) in [6.07, 6.45) is 2.94. The predicted molar refractivity (Wildman–Crippen MR) is 218 cm³/mol. The predicted octanol–water partition coefficient (Wildman–Crippen LogP) is 7.47. The van der Waals surface area contributed by atoms with Gasteiger partial charge in [0.15, 0.2) is 0 Å². The quantitative estimate of drug-likeness (QED) is 0.115. The molecule has 0 radical (unpaired) electrons. The zero-order chi connectivity index (χ0) is 39.8. The molecule has 294 valence electrons. The van der Waals surface area contributed by atoms with Gasteiger partial charge in [-0.25, -0.2) is 14.8 Å². The number of imidazole rings is 2. The van der Waals surface area contributed by atoms with Crippen molar-refractivity contribution in [3.8, 4) is 33.5 Å². The van der Waals surface area contributed by atoms with Crippen molar-refractivity contribution in [3.63, 3.8) is 0 Å². The Bertz CT molecular complexity index is 2190. The third-order valence-electron chi connectivity index (χ3n) is 11.4. The molecule has 6 atom stereocenters. The van der Waals surface area contributed by atoms with Crippen LogP contribution in [-0.4, -0.2) is 79.9 Å². The van der Waals surface area contributed by atoms with Crippen LogP contribution in [0.5, 0.6) is 0 Å². The second kappa shape index (κ2) is 15.9. The van der Waals surface area contributed by atoms with Gasteiger partial charge < -0.3 is 35.6 Å². The number of aromatic amines is 2. The third-order valence-corrected chi connectivity index (χ3v) is 11.4. The molecule has 2 aromatic heterocycles. The number of hydrogen-bond donors (Lipinski definition) is 4. The van der Waals surface area contributed by atoms with Crippen LogP contribution in [0, 0.1) is 23.7 Å². The first-order chi connectivity index (χ1) is 26.8. The van der Waals surface area contributed by atoms with Crippen LogP contribution in [0.15, 0.2) is 72.9 Å². The minimum atomic E-state index is -0.692. The van der Waals surface area contributed by atoms with Crippen LogP contribution in [0.4, 0.5) is 4.79 Å². The summed E-state index contributed by atoms with van der Waals surface area (Å²) in [6, 6.07) is 21.5. The van der Waals surface area contributed by atoms with Gasteiger partial charge in [0.05, 0.1) is 42.0 Å². The number of alkyl carbamates (subject to hydrolysis) is 1. The van der Waals surface area contributed by atoms with E-state index in [0.717, 1.165) is 69.0 Å². The van der Waals surface area contributed by atoms with Crippen molar-refractivity contribution < 1.29 is 19.1 Å². The average Bonchev–Trinajstić information content (AvgIpc) is 4.01. The van der Waals surface area contributed by atoms with Crippen molar-refractivity contribution >= 4 is 28.9 Å². The fraction of sp³-hybridized carbons (Fsp3) is 0.432. The number of amides is 3. The zero-order valence-corrected chi connectivity index (χ0v) is 33.4. The summed E-state index contributed by atoms with van der Waals surface area (Å²) in [6.45, 7) is 13.4. The Morgan fingerprint density at radius 3 is 1.86 bits per heavy atom. The van der Waals surface area contributed by atoms with Crippen LogP contribution in [-0.2, 0) is 14.3 Å². The van der Waals surface area contributed by atoms with Gasteiger partial charge >= 0.3 is 6.09 Å². The highest BCUT2D eigenvalue weighted by Gasteiger charge is 2.41. The van der Waals surface area contributed by atoms with Gasteiger partial charge in [0.25, 0.3) is 0 Å². The monoisotopic (exact) mass is 758 g/mol. The number of hydrogen-bond acceptors (Lipinski definition) is 7. The molecule has 12 heteroatoms. The summed E-state index contributed by atoms with van der Waals surface area (Å²) in [5.41, 5.74) is 14.2. The van der Waals surface area contributed by atoms with E-state index in [2.05, 4.69) is 89.8 Å². The minimum Gasteiger partial charge on any atom is -0.453 e. The van der Waals surface area contributed by atoms with E-state index in [1.807, 2.05) is 49.8 Å². The first-order valence-corrected chi connectivity index (χ1v) is 19.8. The first-order valence-electron chi connectivity index (χ1n) is 19.8. The molecule has 2 aliphatic rings. The maximum Gasteiger partial charge on any atom is 0.407 e. The Kier molecular flexibility index (Phi) is 11.0. The third kappa shape index (κ3) is 7.80. The normalized spacial score (nSPS) is 20.9. The Labute approximate surface area is 328 Å². The lowest BCUT2D eigenvalue weighted by Crippen LogP contribution is -2.51. The number of ether oxygens (including phenoxy) is 1. The fourth-order valence-corrected chi connectivity index (χ4v) is 8.16. The number of aromatic nitrogens is 4. The molecule has 56 heavy (non-hydrogen) atoms. The molecular formula is C44H54N8O4. The minimum absolute atomic E-state index is 0.0120. The molecule has 0 unspecified atom stereocenters. The summed E-state index contributed by atoms with van der Waals surface area (Å²) >= 11 is 0. The molecule has 3 amide bonds. The largest absolute Gasteiger partial charge is 0.453 e. The molecule has 3 aromatic carbocycles. The van der Waals surface area contributed by atoms with Gasteiger partial charge in [-0.1, -0.05) is 96.1 Å². The summed E-state index contributed by atoms with van der Waals surface area (Å²) in [7, 11) is 1.30. The lowest BCUT2D eigenvalue weighted by Gasteiger charge is -2.30. The molecule has 2 fully saturated rings. The highest BCUT2D eigenvalue weighted by Crippen LogP contribution is 2.38. The number of methoxy groups -OCH3 is 1. The molecule has 0 bridgehead atoms. The van der Waals surface area contributed by atoms with Crippen LogP contribution < -0.4 is 11.1 Å². The second-order valence-corrected chi connectivity index (χ2v) is 16.5. The number of nitrogens with one attached hydrogen (secondary N) is 3. The number of H-pyrrole nitrogens is 2. The number of benzene rings is 3. The highest BCUT2D eigenvalue weighted by molar-refractivity contribution is 5.87. The maximum absolute atomic E-state index is 13.7. The Hall–Kier alpha value is -5.49. The Morgan fingerprint density at radius 2 is 1.29 bits per heavy atom. The van der Waals surface area contributed by atoms with E-state index >= 15 is 0 Å². The van der Waals surface area contributed by atoms with E-state index in [0.29, 0.717) is 19.0 Å². The zero-order valence-electron chi connectivity index (χ0n) is 33.4. The molecular weight excluding hydrogens is 705 g/mol. The molecule has 0 saturated carbocycles. The summed E-state index contributed by atoms with van der Waals surface area (Å²) in [4.78, 5) is 59.5. The van der Waals surface area contributed by atoms with Crippen LogP contribution in [0.3, 0.4) is 0 Å². The van der Waals surface area contributed by atoms with Gasteiger partial charge in [-0.2, -0.15) is 0 Å². The van der Waals surface area contributed by atoms with E-state index in [1.54, 1.807) is 0 Å². The second-order valence-electron chi connectivity index (χ2n) is 16.5. The molecule has 2 aliphatic heterocycles. The van der Waals surface area contributed by atoms with E-state index in [1.165, 1.54) is 7.11 Å². The van der Waals surface area contributed by atoms with E-state index in [9.17, 15) is 14.4 Å². The molecule has 4 heterocycles. The molecule has 2 saturated heterocycles. The summed E-state index contributed by atoms with van der Waals surface area (Å²) < 4.78 is 4.79. The molecule has 0 spiro atoms. The molecule has 5 aromatic rings. The van der Waals surface area contributed by atoms with E-state index < -0.39 is 18.2 Å².